The zero-order chi connectivity index (χ0) is 15.2. The van der Waals surface area contributed by atoms with E-state index >= 15 is 0 Å². The lowest BCUT2D eigenvalue weighted by atomic mass is 10.0. The number of amides is 1. The zero-order valence-electron chi connectivity index (χ0n) is 11.4. The summed E-state index contributed by atoms with van der Waals surface area (Å²) in [5.41, 5.74) is 0.868. The molecule has 112 valence electrons. The smallest absolute Gasteiger partial charge is 0.255 e. The van der Waals surface area contributed by atoms with Crippen molar-refractivity contribution in [1.29, 1.82) is 0 Å². The lowest BCUT2D eigenvalue weighted by molar-refractivity contribution is -0.132. The standard InChI is InChI=1S/C16H16BrF2NO/c17-8-9-20(11-15(18)19)16(21)10-13-6-3-5-12-4-1-2-7-14(12)13/h1-7,15H,8-11H2. The predicted octanol–water partition coefficient (Wildman–Crippen LogP) is 3.87. The molecule has 0 unspecified atom stereocenters. The van der Waals surface area contributed by atoms with E-state index < -0.39 is 13.0 Å². The van der Waals surface area contributed by atoms with Gasteiger partial charge in [0.1, 0.15) is 0 Å². The van der Waals surface area contributed by atoms with Crippen LogP contribution < -0.4 is 0 Å². The number of benzene rings is 2. The Morgan fingerprint density at radius 3 is 2.57 bits per heavy atom. The summed E-state index contributed by atoms with van der Waals surface area (Å²) in [4.78, 5) is 13.5. The van der Waals surface area contributed by atoms with Crippen LogP contribution in [0.5, 0.6) is 0 Å². The molecule has 0 spiro atoms. The Kier molecular flexibility index (Phi) is 5.67. The van der Waals surface area contributed by atoms with Gasteiger partial charge in [-0.3, -0.25) is 4.79 Å². The fourth-order valence-electron chi connectivity index (χ4n) is 2.31. The van der Waals surface area contributed by atoms with Crippen molar-refractivity contribution in [2.24, 2.45) is 0 Å². The highest BCUT2D eigenvalue weighted by Gasteiger charge is 2.18. The van der Waals surface area contributed by atoms with E-state index in [1.807, 2.05) is 42.5 Å². The average molecular weight is 356 g/mol. The topological polar surface area (TPSA) is 20.3 Å². The molecule has 2 nitrogen and oxygen atoms in total. The van der Waals surface area contributed by atoms with Gasteiger partial charge in [0.05, 0.1) is 13.0 Å². The molecular formula is C16H16BrF2NO. The molecule has 2 aromatic carbocycles. The Morgan fingerprint density at radius 1 is 1.14 bits per heavy atom. The summed E-state index contributed by atoms with van der Waals surface area (Å²) in [5, 5.41) is 2.52. The van der Waals surface area contributed by atoms with E-state index in [0.29, 0.717) is 5.33 Å². The van der Waals surface area contributed by atoms with E-state index in [-0.39, 0.29) is 18.9 Å². The third-order valence-electron chi connectivity index (χ3n) is 3.29. The molecule has 1 amide bonds. The first-order valence-electron chi connectivity index (χ1n) is 6.70. The summed E-state index contributed by atoms with van der Waals surface area (Å²) in [7, 11) is 0. The molecule has 0 fully saturated rings. The van der Waals surface area contributed by atoms with Crippen molar-refractivity contribution >= 4 is 32.6 Å². The highest BCUT2D eigenvalue weighted by molar-refractivity contribution is 9.09. The molecule has 2 aromatic rings. The number of fused-ring (bicyclic) bond motifs is 1. The number of rotatable bonds is 6. The second kappa shape index (κ2) is 7.50. The third kappa shape index (κ3) is 4.24. The maximum atomic E-state index is 12.6. The normalized spacial score (nSPS) is 11.0. The molecule has 21 heavy (non-hydrogen) atoms. The second-order valence-corrected chi connectivity index (χ2v) is 5.53. The van der Waals surface area contributed by atoms with Crippen LogP contribution in [0.1, 0.15) is 5.56 Å². The van der Waals surface area contributed by atoms with Gasteiger partial charge in [0.15, 0.2) is 0 Å². The molecule has 0 radical (unpaired) electrons. The molecule has 2 rings (SSSR count). The maximum absolute atomic E-state index is 12.6. The van der Waals surface area contributed by atoms with Gasteiger partial charge in [-0.2, -0.15) is 0 Å². The number of alkyl halides is 3. The number of hydrogen-bond acceptors (Lipinski definition) is 1. The molecule has 0 bridgehead atoms. The summed E-state index contributed by atoms with van der Waals surface area (Å²) in [6.45, 7) is -0.233. The lowest BCUT2D eigenvalue weighted by Crippen LogP contribution is -2.37. The molecule has 0 saturated heterocycles. The van der Waals surface area contributed by atoms with Crippen molar-refractivity contribution in [1.82, 2.24) is 4.90 Å². The summed E-state index contributed by atoms with van der Waals surface area (Å²) < 4.78 is 25.1. The molecule has 0 aliphatic carbocycles. The van der Waals surface area contributed by atoms with Gasteiger partial charge >= 0.3 is 0 Å². The lowest BCUT2D eigenvalue weighted by Gasteiger charge is -2.21. The van der Waals surface area contributed by atoms with Gasteiger partial charge in [-0.05, 0) is 16.3 Å². The van der Waals surface area contributed by atoms with Crippen LogP contribution in [0.25, 0.3) is 10.8 Å². The van der Waals surface area contributed by atoms with Gasteiger partial charge in [0, 0.05) is 11.9 Å². The number of nitrogens with zero attached hydrogens (tertiary/aromatic N) is 1. The van der Waals surface area contributed by atoms with Gasteiger partial charge in [-0.1, -0.05) is 58.4 Å². The second-order valence-electron chi connectivity index (χ2n) is 4.73. The van der Waals surface area contributed by atoms with Crippen LogP contribution in [-0.4, -0.2) is 35.7 Å². The number of carbonyl (C=O) groups is 1. The highest BCUT2D eigenvalue weighted by Crippen LogP contribution is 2.19. The van der Waals surface area contributed by atoms with Crippen molar-refractivity contribution in [2.45, 2.75) is 12.8 Å². The first kappa shape index (κ1) is 15.9. The van der Waals surface area contributed by atoms with Crippen LogP contribution in [0, 0.1) is 0 Å². The van der Waals surface area contributed by atoms with Crippen LogP contribution in [0.3, 0.4) is 0 Å². The number of halogens is 3. The van der Waals surface area contributed by atoms with Gasteiger partial charge in [-0.15, -0.1) is 0 Å². The van der Waals surface area contributed by atoms with Crippen LogP contribution in [0.2, 0.25) is 0 Å². The monoisotopic (exact) mass is 355 g/mol. The summed E-state index contributed by atoms with van der Waals surface area (Å²) in [6, 6.07) is 13.5. The predicted molar refractivity (Wildman–Crippen MR) is 84.0 cm³/mol. The fourth-order valence-corrected chi connectivity index (χ4v) is 2.74. The van der Waals surface area contributed by atoms with Crippen LogP contribution in [0.4, 0.5) is 8.78 Å². The van der Waals surface area contributed by atoms with E-state index in [1.54, 1.807) is 0 Å². The maximum Gasteiger partial charge on any atom is 0.255 e. The number of carbonyl (C=O) groups excluding carboxylic acids is 1. The molecule has 0 saturated carbocycles. The third-order valence-corrected chi connectivity index (χ3v) is 3.64. The van der Waals surface area contributed by atoms with Gasteiger partial charge in [-0.25, -0.2) is 8.78 Å². The van der Waals surface area contributed by atoms with Crippen molar-refractivity contribution in [3.05, 3.63) is 48.0 Å². The quantitative estimate of drug-likeness (QED) is 0.720. The Hall–Kier alpha value is -1.49. The number of hydrogen-bond donors (Lipinski definition) is 0. The van der Waals surface area contributed by atoms with Crippen molar-refractivity contribution in [2.75, 3.05) is 18.4 Å². The minimum Gasteiger partial charge on any atom is -0.336 e. The minimum absolute atomic E-state index is 0.140. The first-order chi connectivity index (χ1) is 10.1. The molecular weight excluding hydrogens is 340 g/mol. The molecule has 0 aromatic heterocycles. The average Bonchev–Trinajstić information content (AvgIpc) is 2.47. The van der Waals surface area contributed by atoms with Crippen molar-refractivity contribution in [3.63, 3.8) is 0 Å². The largest absolute Gasteiger partial charge is 0.336 e. The summed E-state index contributed by atoms with van der Waals surface area (Å²) in [5.74, 6) is -0.272. The van der Waals surface area contributed by atoms with E-state index in [4.69, 9.17) is 0 Å². The van der Waals surface area contributed by atoms with Crippen molar-refractivity contribution < 1.29 is 13.6 Å². The first-order valence-corrected chi connectivity index (χ1v) is 7.82. The highest BCUT2D eigenvalue weighted by atomic mass is 79.9. The Labute approximate surface area is 130 Å². The Bertz CT molecular complexity index is 613. The van der Waals surface area contributed by atoms with E-state index in [9.17, 15) is 13.6 Å². The molecule has 5 heteroatoms. The molecule has 0 heterocycles. The van der Waals surface area contributed by atoms with E-state index in [2.05, 4.69) is 15.9 Å². The van der Waals surface area contributed by atoms with Crippen LogP contribution >= 0.6 is 15.9 Å². The summed E-state index contributed by atoms with van der Waals surface area (Å²) in [6.07, 6.45) is -2.37. The summed E-state index contributed by atoms with van der Waals surface area (Å²) >= 11 is 3.19. The molecule has 0 aliphatic heterocycles. The van der Waals surface area contributed by atoms with Gasteiger partial charge < -0.3 is 4.90 Å². The van der Waals surface area contributed by atoms with E-state index in [1.165, 1.54) is 4.90 Å². The van der Waals surface area contributed by atoms with Crippen LogP contribution in [-0.2, 0) is 11.2 Å². The Balaban J connectivity index is 2.20. The molecule has 0 atom stereocenters. The SMILES string of the molecule is O=C(Cc1cccc2ccccc12)N(CCBr)CC(F)F. The Morgan fingerprint density at radius 2 is 1.86 bits per heavy atom. The zero-order valence-corrected chi connectivity index (χ0v) is 13.0. The van der Waals surface area contributed by atoms with Gasteiger partial charge in [0.2, 0.25) is 5.91 Å². The molecule has 0 N–H and O–H groups in total. The van der Waals surface area contributed by atoms with E-state index in [0.717, 1.165) is 16.3 Å². The minimum atomic E-state index is -2.51. The van der Waals surface area contributed by atoms with Crippen LogP contribution in [0.15, 0.2) is 42.5 Å². The fraction of sp³-hybridized carbons (Fsp3) is 0.312. The van der Waals surface area contributed by atoms with Gasteiger partial charge in [0.25, 0.3) is 6.43 Å². The molecule has 0 aliphatic rings. The van der Waals surface area contributed by atoms with Crippen molar-refractivity contribution in [3.8, 4) is 0 Å².